The molecule has 1 unspecified atom stereocenters. The second-order valence-corrected chi connectivity index (χ2v) is 9.72. The Labute approximate surface area is 154 Å². The molecule has 1 saturated heterocycles. The summed E-state index contributed by atoms with van der Waals surface area (Å²) in [6.07, 6.45) is 3.75. The van der Waals surface area contributed by atoms with Crippen LogP contribution in [0.1, 0.15) is 52.9 Å². The normalized spacial score (nSPS) is 28.3. The molecule has 136 valence electrons. The molecular weight excluding hydrogens is 344 g/mol. The third-order valence-corrected chi connectivity index (χ3v) is 6.00. The predicted octanol–water partition coefficient (Wildman–Crippen LogP) is 2.46. The predicted molar refractivity (Wildman–Crippen MR) is 99.9 cm³/mol. The van der Waals surface area contributed by atoms with E-state index in [2.05, 4.69) is 17.9 Å². The smallest absolute Gasteiger partial charge is 0.242 e. The van der Waals surface area contributed by atoms with Crippen LogP contribution in [0.5, 0.6) is 0 Å². The maximum absolute atomic E-state index is 12.3. The summed E-state index contributed by atoms with van der Waals surface area (Å²) in [7, 11) is 0. The van der Waals surface area contributed by atoms with Crippen molar-refractivity contribution in [2.45, 2.75) is 63.7 Å². The lowest BCUT2D eigenvalue weighted by Crippen LogP contribution is -2.45. The monoisotopic (exact) mass is 372 g/mol. The van der Waals surface area contributed by atoms with E-state index in [0.717, 1.165) is 25.7 Å². The summed E-state index contributed by atoms with van der Waals surface area (Å²) >= 11 is 5.55. The highest BCUT2D eigenvalue weighted by Crippen LogP contribution is 2.32. The Morgan fingerprint density at radius 3 is 2.42 bits per heavy atom. The molecule has 0 aromatic rings. The van der Waals surface area contributed by atoms with Gasteiger partial charge in [0.2, 0.25) is 17.7 Å². The van der Waals surface area contributed by atoms with Gasteiger partial charge < -0.3 is 5.32 Å². The van der Waals surface area contributed by atoms with Gasteiger partial charge in [-0.05, 0) is 52.4 Å². The van der Waals surface area contributed by atoms with Crippen molar-refractivity contribution in [1.29, 1.82) is 0 Å². The zero-order chi connectivity index (χ0) is 17.9. The number of hydrogen-bond acceptors (Lipinski definition) is 5. The number of thiol groups is 1. The SMILES string of the molecule is CC(C)(C)NC(=O)C1CCC(CN2C(=O)CC(SCS)C2=O)CC1. The van der Waals surface area contributed by atoms with Crippen LogP contribution in [0.3, 0.4) is 0 Å². The fraction of sp³-hybridized carbons (Fsp3) is 0.824. The first-order valence-corrected chi connectivity index (χ1v) is 10.3. The summed E-state index contributed by atoms with van der Waals surface area (Å²) in [6, 6.07) is 0. The van der Waals surface area contributed by atoms with Crippen LogP contribution in [0, 0.1) is 11.8 Å². The van der Waals surface area contributed by atoms with Crippen LogP contribution >= 0.6 is 24.4 Å². The maximum Gasteiger partial charge on any atom is 0.242 e. The Balaban J connectivity index is 1.82. The summed E-state index contributed by atoms with van der Waals surface area (Å²) in [5.41, 5.74) is -0.206. The van der Waals surface area contributed by atoms with Crippen LogP contribution in [0.15, 0.2) is 0 Å². The molecule has 24 heavy (non-hydrogen) atoms. The molecule has 1 saturated carbocycles. The van der Waals surface area contributed by atoms with Gasteiger partial charge in [-0.15, -0.1) is 11.8 Å². The molecule has 2 fully saturated rings. The Morgan fingerprint density at radius 1 is 1.25 bits per heavy atom. The van der Waals surface area contributed by atoms with E-state index in [1.807, 2.05) is 20.8 Å². The van der Waals surface area contributed by atoms with E-state index < -0.39 is 0 Å². The topological polar surface area (TPSA) is 66.5 Å². The average molecular weight is 373 g/mol. The maximum atomic E-state index is 12.3. The van der Waals surface area contributed by atoms with Gasteiger partial charge in [-0.3, -0.25) is 19.3 Å². The highest BCUT2D eigenvalue weighted by atomic mass is 32.2. The van der Waals surface area contributed by atoms with Crippen LogP contribution in [0.2, 0.25) is 0 Å². The fourth-order valence-electron chi connectivity index (χ4n) is 3.40. The van der Waals surface area contributed by atoms with Gasteiger partial charge in [-0.1, -0.05) is 0 Å². The summed E-state index contributed by atoms with van der Waals surface area (Å²) in [5.74, 6) is 0.368. The number of nitrogens with zero attached hydrogens (tertiary/aromatic N) is 1. The Kier molecular flexibility index (Phi) is 6.65. The number of carbonyl (C=O) groups is 3. The molecule has 1 heterocycles. The molecule has 0 bridgehead atoms. The van der Waals surface area contributed by atoms with Crippen LogP contribution < -0.4 is 5.32 Å². The minimum atomic E-state index is -0.260. The van der Waals surface area contributed by atoms with Gasteiger partial charge in [0, 0.05) is 29.5 Å². The minimum absolute atomic E-state index is 0.0537. The molecule has 3 amide bonds. The number of rotatable bonds is 5. The van der Waals surface area contributed by atoms with Gasteiger partial charge in [0.25, 0.3) is 0 Å². The lowest BCUT2D eigenvalue weighted by atomic mass is 9.81. The zero-order valence-electron chi connectivity index (χ0n) is 14.7. The van der Waals surface area contributed by atoms with Crippen LogP contribution in [-0.2, 0) is 14.4 Å². The molecule has 1 aliphatic carbocycles. The first-order valence-electron chi connectivity index (χ1n) is 8.60. The van der Waals surface area contributed by atoms with Gasteiger partial charge in [0.15, 0.2) is 0 Å². The summed E-state index contributed by atoms with van der Waals surface area (Å²) < 4.78 is 0. The molecule has 1 atom stereocenters. The number of thioether (sulfide) groups is 1. The fourth-order valence-corrected chi connectivity index (χ4v) is 4.65. The van der Waals surface area contributed by atoms with E-state index in [0.29, 0.717) is 24.0 Å². The van der Waals surface area contributed by atoms with Crippen molar-refractivity contribution in [3.63, 3.8) is 0 Å². The average Bonchev–Trinajstić information content (AvgIpc) is 2.74. The highest BCUT2D eigenvalue weighted by molar-refractivity contribution is 8.10. The van der Waals surface area contributed by atoms with E-state index in [-0.39, 0.29) is 34.4 Å². The Hall–Kier alpha value is -0.690. The number of likely N-dealkylation sites (tertiary alicyclic amines) is 1. The lowest BCUT2D eigenvalue weighted by molar-refractivity contribution is -0.139. The number of nitrogens with one attached hydrogen (secondary N) is 1. The highest BCUT2D eigenvalue weighted by Gasteiger charge is 2.40. The van der Waals surface area contributed by atoms with Crippen molar-refractivity contribution in [1.82, 2.24) is 10.2 Å². The molecule has 2 rings (SSSR count). The number of amides is 3. The molecule has 5 nitrogen and oxygen atoms in total. The first kappa shape index (κ1) is 19.6. The van der Waals surface area contributed by atoms with Crippen molar-refractivity contribution < 1.29 is 14.4 Å². The summed E-state index contributed by atoms with van der Waals surface area (Å²) in [4.78, 5) is 38.0. The molecule has 0 spiro atoms. The molecule has 0 radical (unpaired) electrons. The van der Waals surface area contributed by atoms with Crippen molar-refractivity contribution >= 4 is 42.1 Å². The van der Waals surface area contributed by atoms with Gasteiger partial charge in [-0.2, -0.15) is 12.6 Å². The van der Waals surface area contributed by atoms with E-state index in [9.17, 15) is 14.4 Å². The third-order valence-electron chi connectivity index (χ3n) is 4.63. The van der Waals surface area contributed by atoms with Crippen LogP contribution in [-0.4, -0.2) is 45.0 Å². The number of imide groups is 1. The number of hydrogen-bond donors (Lipinski definition) is 2. The standard InChI is InChI=1S/C17H28N2O3S2/c1-17(2,3)18-15(21)12-6-4-11(5-7-12)9-19-14(20)8-13(16(19)22)24-10-23/h11-13,23H,4-10H2,1-3H3,(H,18,21). The Morgan fingerprint density at radius 2 is 1.88 bits per heavy atom. The summed E-state index contributed by atoms with van der Waals surface area (Å²) in [6.45, 7) is 6.47. The molecule has 1 N–H and O–H groups in total. The van der Waals surface area contributed by atoms with E-state index >= 15 is 0 Å². The van der Waals surface area contributed by atoms with Crippen LogP contribution in [0.4, 0.5) is 0 Å². The third kappa shape index (κ3) is 5.15. The zero-order valence-corrected chi connectivity index (χ0v) is 16.4. The molecule has 2 aliphatic rings. The Bertz CT molecular complexity index is 497. The van der Waals surface area contributed by atoms with Crippen molar-refractivity contribution in [2.75, 3.05) is 11.6 Å². The van der Waals surface area contributed by atoms with Gasteiger partial charge in [0.1, 0.15) is 0 Å². The van der Waals surface area contributed by atoms with Gasteiger partial charge in [0.05, 0.1) is 5.25 Å². The number of carbonyl (C=O) groups excluding carboxylic acids is 3. The summed E-state index contributed by atoms with van der Waals surface area (Å²) in [5, 5.41) is 3.33. The quantitative estimate of drug-likeness (QED) is 0.442. The van der Waals surface area contributed by atoms with Crippen LogP contribution in [0.25, 0.3) is 0 Å². The second-order valence-electron chi connectivity index (χ2n) is 7.79. The molecule has 0 aromatic heterocycles. The molecule has 0 aromatic carbocycles. The molecule has 7 heteroatoms. The second kappa shape index (κ2) is 8.13. The van der Waals surface area contributed by atoms with Gasteiger partial charge >= 0.3 is 0 Å². The van der Waals surface area contributed by atoms with Crippen molar-refractivity contribution in [2.24, 2.45) is 11.8 Å². The van der Waals surface area contributed by atoms with Crippen molar-refractivity contribution in [3.8, 4) is 0 Å². The largest absolute Gasteiger partial charge is 0.351 e. The van der Waals surface area contributed by atoms with E-state index in [4.69, 9.17) is 0 Å². The van der Waals surface area contributed by atoms with Crippen molar-refractivity contribution in [3.05, 3.63) is 0 Å². The lowest BCUT2D eigenvalue weighted by Gasteiger charge is -2.32. The molecule has 1 aliphatic heterocycles. The van der Waals surface area contributed by atoms with Gasteiger partial charge in [-0.25, -0.2) is 0 Å². The minimum Gasteiger partial charge on any atom is -0.351 e. The van der Waals surface area contributed by atoms with E-state index in [1.165, 1.54) is 16.7 Å². The molecular formula is C17H28N2O3S2. The van der Waals surface area contributed by atoms with E-state index in [1.54, 1.807) is 0 Å². The first-order chi connectivity index (χ1) is 11.2.